The summed E-state index contributed by atoms with van der Waals surface area (Å²) in [5, 5.41) is 15.3. The number of thioether (sulfide) groups is 1. The molecule has 3 N–H and O–H groups in total. The van der Waals surface area contributed by atoms with Crippen molar-refractivity contribution >= 4 is 35.2 Å². The first-order valence-electron chi connectivity index (χ1n) is 12.9. The van der Waals surface area contributed by atoms with Gasteiger partial charge in [0.2, 0.25) is 17.7 Å². The van der Waals surface area contributed by atoms with Crippen LogP contribution in [0.25, 0.3) is 0 Å². The number of rotatable bonds is 12. The Morgan fingerprint density at radius 3 is 2.63 bits per heavy atom. The third kappa shape index (κ3) is 4.89. The van der Waals surface area contributed by atoms with E-state index < -0.39 is 22.6 Å². The number of carbonyl (C=O) groups excluding carboxylic acids is 3. The number of hydrogen-bond acceptors (Lipinski definition) is 6. The zero-order valence-electron chi connectivity index (χ0n) is 20.6. The van der Waals surface area contributed by atoms with Gasteiger partial charge in [0.1, 0.15) is 11.8 Å². The molecule has 0 aliphatic carbocycles. The highest BCUT2D eigenvalue weighted by Gasteiger charge is 2.73. The summed E-state index contributed by atoms with van der Waals surface area (Å²) in [6.07, 6.45) is 4.63. The van der Waals surface area contributed by atoms with E-state index in [1.54, 1.807) is 28.8 Å². The Bertz CT molecular complexity index is 926. The molecule has 3 amide bonds. The minimum atomic E-state index is -0.575. The zero-order chi connectivity index (χ0) is 25.0. The number of nitrogens with one attached hydrogen (secondary N) is 2. The van der Waals surface area contributed by atoms with Crippen LogP contribution < -0.4 is 15.4 Å². The van der Waals surface area contributed by atoms with Gasteiger partial charge in [-0.3, -0.25) is 14.4 Å². The molecule has 2 unspecified atom stereocenters. The summed E-state index contributed by atoms with van der Waals surface area (Å²) in [5.41, 5.74) is 0.666. The number of likely N-dealkylation sites (tertiary alicyclic amines) is 1. The molecule has 0 aromatic heterocycles. The van der Waals surface area contributed by atoms with Crippen molar-refractivity contribution in [2.24, 2.45) is 11.8 Å². The van der Waals surface area contributed by atoms with E-state index in [1.807, 2.05) is 19.1 Å². The van der Waals surface area contributed by atoms with Gasteiger partial charge in [-0.1, -0.05) is 13.3 Å². The lowest BCUT2D eigenvalue weighted by molar-refractivity contribution is -0.139. The summed E-state index contributed by atoms with van der Waals surface area (Å²) in [7, 11) is 0. The second kappa shape index (κ2) is 11.2. The predicted octanol–water partition coefficient (Wildman–Crippen LogP) is 2.80. The average Bonchev–Trinajstić information content (AvgIpc) is 3.48. The molecule has 3 aliphatic heterocycles. The van der Waals surface area contributed by atoms with Crippen molar-refractivity contribution in [1.82, 2.24) is 10.2 Å². The topological polar surface area (TPSA) is 108 Å². The molecule has 1 aromatic carbocycles. The van der Waals surface area contributed by atoms with Crippen LogP contribution in [0, 0.1) is 11.8 Å². The fourth-order valence-electron chi connectivity index (χ4n) is 5.90. The fraction of sp³-hybridized carbons (Fsp3) is 0.654. The number of anilines is 1. The third-order valence-electron chi connectivity index (χ3n) is 7.42. The molecule has 3 saturated heterocycles. The van der Waals surface area contributed by atoms with Crippen molar-refractivity contribution in [1.29, 1.82) is 0 Å². The Morgan fingerprint density at radius 2 is 1.94 bits per heavy atom. The van der Waals surface area contributed by atoms with E-state index in [0.29, 0.717) is 38.2 Å². The minimum absolute atomic E-state index is 0.0252. The van der Waals surface area contributed by atoms with Gasteiger partial charge < -0.3 is 25.4 Å². The standard InChI is InChI=1S/C26H37N3O5S/c1-3-5-14-27-24(32)22-26-13-12-19(35-26)20(21(26)25(33)29(22)15-6-7-16-30)23(31)28-17-8-10-18(11-9-17)34-4-2/h8-11,19-22,30H,3-7,12-16H2,1-2H3,(H,27,32)(H,28,31)/t19-,20+,21-,22?,26?/m0/s1. The molecule has 2 bridgehead atoms. The van der Waals surface area contributed by atoms with Crippen molar-refractivity contribution in [3.05, 3.63) is 24.3 Å². The predicted molar refractivity (Wildman–Crippen MR) is 136 cm³/mol. The molecule has 5 atom stereocenters. The molecule has 1 aromatic rings. The van der Waals surface area contributed by atoms with Gasteiger partial charge >= 0.3 is 0 Å². The Labute approximate surface area is 211 Å². The lowest BCUT2D eigenvalue weighted by Crippen LogP contribution is -2.53. The first-order chi connectivity index (χ1) is 17.0. The van der Waals surface area contributed by atoms with Crippen molar-refractivity contribution < 1.29 is 24.2 Å². The van der Waals surface area contributed by atoms with Crippen LogP contribution in [0.5, 0.6) is 5.75 Å². The lowest BCUT2D eigenvalue weighted by atomic mass is 9.70. The van der Waals surface area contributed by atoms with Crippen LogP contribution in [-0.2, 0) is 14.4 Å². The second-order valence-corrected chi connectivity index (χ2v) is 11.2. The second-order valence-electron chi connectivity index (χ2n) is 9.61. The van der Waals surface area contributed by atoms with Gasteiger partial charge in [0.15, 0.2) is 0 Å². The molecular weight excluding hydrogens is 466 g/mol. The monoisotopic (exact) mass is 503 g/mol. The largest absolute Gasteiger partial charge is 0.494 e. The summed E-state index contributed by atoms with van der Waals surface area (Å²) >= 11 is 1.67. The summed E-state index contributed by atoms with van der Waals surface area (Å²) in [6.45, 7) is 5.61. The van der Waals surface area contributed by atoms with Gasteiger partial charge in [-0.25, -0.2) is 0 Å². The van der Waals surface area contributed by atoms with E-state index in [-0.39, 0.29) is 29.6 Å². The lowest BCUT2D eigenvalue weighted by Gasteiger charge is -2.34. The van der Waals surface area contributed by atoms with Crippen LogP contribution in [0.4, 0.5) is 5.69 Å². The van der Waals surface area contributed by atoms with E-state index in [4.69, 9.17) is 4.74 Å². The van der Waals surface area contributed by atoms with Gasteiger partial charge in [0.25, 0.3) is 0 Å². The number of aliphatic hydroxyl groups excluding tert-OH is 1. The molecule has 9 heteroatoms. The normalized spacial score (nSPS) is 28.8. The Kier molecular flexibility index (Phi) is 8.27. The molecule has 192 valence electrons. The van der Waals surface area contributed by atoms with Gasteiger partial charge in [0, 0.05) is 30.6 Å². The Hall–Kier alpha value is -2.26. The number of hydrogen-bond donors (Lipinski definition) is 3. The van der Waals surface area contributed by atoms with Gasteiger partial charge in [0.05, 0.1) is 23.2 Å². The third-order valence-corrected chi connectivity index (χ3v) is 9.37. The van der Waals surface area contributed by atoms with E-state index in [0.717, 1.165) is 31.4 Å². The van der Waals surface area contributed by atoms with Crippen molar-refractivity contribution in [2.45, 2.75) is 68.4 Å². The molecular formula is C26H37N3O5S. The van der Waals surface area contributed by atoms with Gasteiger partial charge in [-0.2, -0.15) is 0 Å². The number of amides is 3. The number of nitrogens with zero attached hydrogens (tertiary/aromatic N) is 1. The van der Waals surface area contributed by atoms with Gasteiger partial charge in [-0.15, -0.1) is 11.8 Å². The van der Waals surface area contributed by atoms with E-state index in [1.165, 1.54) is 0 Å². The summed E-state index contributed by atoms with van der Waals surface area (Å²) in [4.78, 5) is 42.4. The quantitative estimate of drug-likeness (QED) is 0.379. The van der Waals surface area contributed by atoms with Gasteiger partial charge in [-0.05, 0) is 63.3 Å². The van der Waals surface area contributed by atoms with E-state index in [2.05, 4.69) is 17.6 Å². The fourth-order valence-corrected chi connectivity index (χ4v) is 8.12. The molecule has 3 heterocycles. The maximum Gasteiger partial charge on any atom is 0.244 e. The Morgan fingerprint density at radius 1 is 1.17 bits per heavy atom. The molecule has 3 aliphatic rings. The molecule has 3 fully saturated rings. The smallest absolute Gasteiger partial charge is 0.244 e. The molecule has 1 spiro atoms. The van der Waals surface area contributed by atoms with Crippen LogP contribution in [0.2, 0.25) is 0 Å². The maximum absolute atomic E-state index is 13.8. The molecule has 0 saturated carbocycles. The summed E-state index contributed by atoms with van der Waals surface area (Å²) in [6, 6.07) is 6.67. The maximum atomic E-state index is 13.8. The molecule has 0 radical (unpaired) electrons. The number of unbranched alkanes of at least 4 members (excludes halogenated alkanes) is 2. The highest BCUT2D eigenvalue weighted by molar-refractivity contribution is 8.02. The van der Waals surface area contributed by atoms with E-state index in [9.17, 15) is 19.5 Å². The minimum Gasteiger partial charge on any atom is -0.494 e. The number of aliphatic hydroxyl groups is 1. The van der Waals surface area contributed by atoms with Crippen molar-refractivity contribution in [3.8, 4) is 5.75 Å². The SMILES string of the molecule is CCCCNC(=O)C1N(CCCCO)C(=O)[C@@H]2[C@H](C(=O)Nc3ccc(OCC)cc3)[C@@H]3CCC12S3. The van der Waals surface area contributed by atoms with Crippen LogP contribution in [0.3, 0.4) is 0 Å². The summed E-state index contributed by atoms with van der Waals surface area (Å²) in [5.74, 6) is -0.610. The molecule has 35 heavy (non-hydrogen) atoms. The van der Waals surface area contributed by atoms with E-state index >= 15 is 0 Å². The van der Waals surface area contributed by atoms with Crippen LogP contribution >= 0.6 is 11.8 Å². The zero-order valence-corrected chi connectivity index (χ0v) is 21.4. The van der Waals surface area contributed by atoms with Crippen LogP contribution in [-0.4, -0.2) is 70.1 Å². The number of ether oxygens (including phenoxy) is 1. The van der Waals surface area contributed by atoms with Crippen LogP contribution in [0.1, 0.15) is 52.4 Å². The number of fused-ring (bicyclic) bond motifs is 1. The molecule has 8 nitrogen and oxygen atoms in total. The van der Waals surface area contributed by atoms with Crippen molar-refractivity contribution in [3.63, 3.8) is 0 Å². The summed E-state index contributed by atoms with van der Waals surface area (Å²) < 4.78 is 4.91. The number of carbonyl (C=O) groups is 3. The first kappa shape index (κ1) is 25.8. The highest BCUT2D eigenvalue weighted by atomic mass is 32.2. The van der Waals surface area contributed by atoms with Crippen LogP contribution in [0.15, 0.2) is 24.3 Å². The van der Waals surface area contributed by atoms with Crippen molar-refractivity contribution in [2.75, 3.05) is 31.6 Å². The number of benzene rings is 1. The first-order valence-corrected chi connectivity index (χ1v) is 13.7. The Balaban J connectivity index is 1.56. The average molecular weight is 504 g/mol. The molecule has 4 rings (SSSR count). The highest BCUT2D eigenvalue weighted by Crippen LogP contribution is 2.66.